The average Bonchev–Trinajstić information content (AvgIpc) is 2.26. The van der Waals surface area contributed by atoms with Crippen LogP contribution in [0.4, 0.5) is 8.78 Å². The number of pyridine rings is 1. The molecule has 1 aromatic rings. The second-order valence-electron chi connectivity index (χ2n) is 3.12. The number of aromatic nitrogens is 1. The summed E-state index contributed by atoms with van der Waals surface area (Å²) in [5.41, 5.74) is 0.172. The highest BCUT2D eigenvalue weighted by Gasteiger charge is 2.23. The van der Waals surface area contributed by atoms with E-state index in [0.717, 1.165) is 7.11 Å². The number of esters is 1. The number of nitrogens with zero attached hydrogens (tertiary/aromatic N) is 1. The molecule has 1 heterocycles. The monoisotopic (exact) mass is 293 g/mol. The zero-order valence-electron chi connectivity index (χ0n) is 8.76. The van der Waals surface area contributed by atoms with Gasteiger partial charge in [-0.1, -0.05) is 15.9 Å². The van der Waals surface area contributed by atoms with Gasteiger partial charge in [-0.3, -0.25) is 0 Å². The van der Waals surface area contributed by atoms with Crippen LogP contribution in [0.25, 0.3) is 0 Å². The van der Waals surface area contributed by atoms with Gasteiger partial charge >= 0.3 is 5.97 Å². The normalized spacial score (nSPS) is 10.6. The molecule has 0 fully saturated rings. The van der Waals surface area contributed by atoms with Crippen LogP contribution in [0, 0.1) is 6.92 Å². The molecule has 0 aromatic carbocycles. The molecule has 0 bridgehead atoms. The molecule has 16 heavy (non-hydrogen) atoms. The molecule has 0 radical (unpaired) electrons. The second-order valence-corrected chi connectivity index (χ2v) is 3.68. The molecule has 0 atom stereocenters. The fraction of sp³-hybridized carbons (Fsp3) is 0.400. The van der Waals surface area contributed by atoms with E-state index in [0.29, 0.717) is 16.6 Å². The van der Waals surface area contributed by atoms with Crippen LogP contribution in [0.1, 0.15) is 33.7 Å². The van der Waals surface area contributed by atoms with Crippen LogP contribution >= 0.6 is 15.9 Å². The summed E-state index contributed by atoms with van der Waals surface area (Å²) in [6.07, 6.45) is -2.74. The van der Waals surface area contributed by atoms with E-state index in [2.05, 4.69) is 25.7 Å². The van der Waals surface area contributed by atoms with Gasteiger partial charge in [0, 0.05) is 5.33 Å². The summed E-state index contributed by atoms with van der Waals surface area (Å²) in [6.45, 7) is 1.52. The Hall–Kier alpha value is -1.04. The number of hydrogen-bond acceptors (Lipinski definition) is 3. The Balaban J connectivity index is 3.40. The number of carbonyl (C=O) groups is 1. The highest BCUT2D eigenvalue weighted by molar-refractivity contribution is 9.08. The van der Waals surface area contributed by atoms with Crippen molar-refractivity contribution in [2.45, 2.75) is 18.7 Å². The minimum absolute atomic E-state index is 0.313. The average molecular weight is 294 g/mol. The molecule has 0 aliphatic heterocycles. The SMILES string of the molecule is COC(=O)c1nc(CBr)cc(C)c1C(F)F. The van der Waals surface area contributed by atoms with Crippen LogP contribution in [0.3, 0.4) is 0 Å². The molecule has 1 aromatic heterocycles. The molecule has 0 amide bonds. The lowest BCUT2D eigenvalue weighted by Crippen LogP contribution is -2.12. The van der Waals surface area contributed by atoms with Crippen LogP contribution in [0.5, 0.6) is 0 Å². The maximum atomic E-state index is 12.8. The molecule has 0 N–H and O–H groups in total. The lowest BCUT2D eigenvalue weighted by atomic mass is 10.1. The predicted octanol–water partition coefficient (Wildman–Crippen LogP) is 3.01. The quantitative estimate of drug-likeness (QED) is 0.635. The summed E-state index contributed by atoms with van der Waals surface area (Å²) in [4.78, 5) is 15.2. The first-order valence-corrected chi connectivity index (χ1v) is 5.56. The summed E-state index contributed by atoms with van der Waals surface area (Å²) >= 11 is 3.16. The van der Waals surface area contributed by atoms with Crippen LogP contribution in [-0.2, 0) is 10.1 Å². The summed E-state index contributed by atoms with van der Waals surface area (Å²) < 4.78 is 30.0. The van der Waals surface area contributed by atoms with E-state index in [1.54, 1.807) is 0 Å². The number of ether oxygens (including phenoxy) is 1. The molecule has 1 rings (SSSR count). The largest absolute Gasteiger partial charge is 0.464 e. The summed E-state index contributed by atoms with van der Waals surface area (Å²) in [6, 6.07) is 1.52. The molecule has 0 unspecified atom stereocenters. The van der Waals surface area contributed by atoms with Crippen molar-refractivity contribution in [1.82, 2.24) is 4.98 Å². The van der Waals surface area contributed by atoms with Gasteiger partial charge in [0.15, 0.2) is 5.69 Å². The van der Waals surface area contributed by atoms with Crippen molar-refractivity contribution in [3.05, 3.63) is 28.6 Å². The Morgan fingerprint density at radius 3 is 2.69 bits per heavy atom. The van der Waals surface area contributed by atoms with Crippen LogP contribution in [0.15, 0.2) is 6.07 Å². The molecular formula is C10H10BrF2NO2. The van der Waals surface area contributed by atoms with Gasteiger partial charge < -0.3 is 4.74 Å². The molecule has 0 aliphatic rings. The van der Waals surface area contributed by atoms with Crippen molar-refractivity contribution in [3.8, 4) is 0 Å². The summed E-state index contributed by atoms with van der Waals surface area (Å²) in [5.74, 6) is -0.846. The Morgan fingerprint density at radius 2 is 2.25 bits per heavy atom. The third-order valence-electron chi connectivity index (χ3n) is 2.05. The van der Waals surface area contributed by atoms with Gasteiger partial charge in [0.2, 0.25) is 0 Å². The third kappa shape index (κ3) is 2.55. The molecule has 6 heteroatoms. The minimum atomic E-state index is -2.74. The lowest BCUT2D eigenvalue weighted by molar-refractivity contribution is 0.0581. The van der Waals surface area contributed by atoms with Crippen molar-refractivity contribution < 1.29 is 18.3 Å². The topological polar surface area (TPSA) is 39.2 Å². The first-order valence-electron chi connectivity index (χ1n) is 4.44. The van der Waals surface area contributed by atoms with Crippen molar-refractivity contribution in [1.29, 1.82) is 0 Å². The second kappa shape index (κ2) is 5.34. The lowest BCUT2D eigenvalue weighted by Gasteiger charge is -2.11. The number of rotatable bonds is 3. The number of alkyl halides is 3. The molecule has 0 spiro atoms. The van der Waals surface area contributed by atoms with E-state index < -0.39 is 12.4 Å². The van der Waals surface area contributed by atoms with Gasteiger partial charge in [-0.05, 0) is 18.6 Å². The van der Waals surface area contributed by atoms with E-state index in [1.165, 1.54) is 13.0 Å². The number of aryl methyl sites for hydroxylation is 1. The molecule has 88 valence electrons. The highest BCUT2D eigenvalue weighted by atomic mass is 79.9. The third-order valence-corrected chi connectivity index (χ3v) is 2.63. The smallest absolute Gasteiger partial charge is 0.357 e. The van der Waals surface area contributed by atoms with Gasteiger partial charge in [-0.25, -0.2) is 18.6 Å². The first-order chi connectivity index (χ1) is 7.51. The number of halogens is 3. The fourth-order valence-corrected chi connectivity index (χ4v) is 1.63. The Kier molecular flexibility index (Phi) is 4.35. The molecule has 3 nitrogen and oxygen atoms in total. The van der Waals surface area contributed by atoms with Crippen molar-refractivity contribution in [2.24, 2.45) is 0 Å². The highest BCUT2D eigenvalue weighted by Crippen LogP contribution is 2.27. The zero-order valence-corrected chi connectivity index (χ0v) is 10.3. The van der Waals surface area contributed by atoms with Crippen LogP contribution in [0.2, 0.25) is 0 Å². The molecular weight excluding hydrogens is 284 g/mol. The number of methoxy groups -OCH3 is 1. The Labute approximate surface area is 99.9 Å². The van der Waals surface area contributed by atoms with Crippen molar-refractivity contribution in [2.75, 3.05) is 7.11 Å². The van der Waals surface area contributed by atoms with E-state index in [-0.39, 0.29) is 11.3 Å². The summed E-state index contributed by atoms with van der Waals surface area (Å²) in [5, 5.41) is 0.390. The fourth-order valence-electron chi connectivity index (χ4n) is 1.35. The van der Waals surface area contributed by atoms with Crippen LogP contribution < -0.4 is 0 Å². The van der Waals surface area contributed by atoms with Gasteiger partial charge in [0.25, 0.3) is 6.43 Å². The van der Waals surface area contributed by atoms with Crippen molar-refractivity contribution in [3.63, 3.8) is 0 Å². The van der Waals surface area contributed by atoms with E-state index in [4.69, 9.17) is 0 Å². The van der Waals surface area contributed by atoms with E-state index in [1.807, 2.05) is 0 Å². The van der Waals surface area contributed by atoms with Crippen LogP contribution in [-0.4, -0.2) is 18.1 Å². The standard InChI is InChI=1S/C10H10BrF2NO2/c1-5-3-6(4-11)14-8(10(15)16-2)7(5)9(12)13/h3,9H,4H2,1-2H3. The number of carbonyl (C=O) groups excluding carboxylic acids is 1. The van der Waals surface area contributed by atoms with Gasteiger partial charge in [0.1, 0.15) is 0 Å². The Morgan fingerprint density at radius 1 is 1.62 bits per heavy atom. The summed E-state index contributed by atoms with van der Waals surface area (Å²) in [7, 11) is 1.13. The minimum Gasteiger partial charge on any atom is -0.464 e. The van der Waals surface area contributed by atoms with Gasteiger partial charge in [-0.2, -0.15) is 0 Å². The molecule has 0 saturated carbocycles. The first kappa shape index (κ1) is 13.0. The van der Waals surface area contributed by atoms with E-state index in [9.17, 15) is 13.6 Å². The Bertz CT molecular complexity index is 410. The maximum absolute atomic E-state index is 12.8. The molecule has 0 aliphatic carbocycles. The predicted molar refractivity (Wildman–Crippen MR) is 57.9 cm³/mol. The van der Waals surface area contributed by atoms with E-state index >= 15 is 0 Å². The maximum Gasteiger partial charge on any atom is 0.357 e. The number of hydrogen-bond donors (Lipinski definition) is 0. The molecule has 0 saturated heterocycles. The van der Waals surface area contributed by atoms with Gasteiger partial charge in [0.05, 0.1) is 18.4 Å². The van der Waals surface area contributed by atoms with Gasteiger partial charge in [-0.15, -0.1) is 0 Å². The van der Waals surface area contributed by atoms with Crippen molar-refractivity contribution >= 4 is 21.9 Å². The zero-order chi connectivity index (χ0) is 12.3.